The van der Waals surface area contributed by atoms with E-state index in [1.807, 2.05) is 6.08 Å². The zero-order valence-electron chi connectivity index (χ0n) is 33.1. The second-order valence-corrected chi connectivity index (χ2v) is 14.6. The lowest BCUT2D eigenvalue weighted by molar-refractivity contribution is -0.131. The van der Waals surface area contributed by atoms with Gasteiger partial charge in [-0.25, -0.2) is 4.79 Å². The molecule has 284 valence electrons. The van der Waals surface area contributed by atoms with Crippen molar-refractivity contribution in [1.29, 1.82) is 0 Å². The molecule has 2 heteroatoms. The summed E-state index contributed by atoms with van der Waals surface area (Å²) >= 11 is 0. The van der Waals surface area contributed by atoms with Gasteiger partial charge in [-0.3, -0.25) is 0 Å². The van der Waals surface area contributed by atoms with Crippen molar-refractivity contribution in [3.63, 3.8) is 0 Å². The molecule has 0 aliphatic carbocycles. The molecule has 0 bridgehead atoms. The van der Waals surface area contributed by atoms with Crippen LogP contribution in [0.1, 0.15) is 251 Å². The van der Waals surface area contributed by atoms with E-state index in [2.05, 4.69) is 32.6 Å². The molecule has 0 aromatic heterocycles. The van der Waals surface area contributed by atoms with Crippen LogP contribution in [0.15, 0.2) is 37.0 Å². The van der Waals surface area contributed by atoms with Gasteiger partial charge in [-0.1, -0.05) is 257 Å². The van der Waals surface area contributed by atoms with E-state index in [1.165, 1.54) is 231 Å². The first-order chi connectivity index (χ1) is 23.7. The van der Waals surface area contributed by atoms with Gasteiger partial charge in [0.25, 0.3) is 0 Å². The quantitative estimate of drug-likeness (QED) is 0.0401. The van der Waals surface area contributed by atoms with Crippen LogP contribution in [0, 0.1) is 0 Å². The predicted octanol–water partition coefficient (Wildman–Crippen LogP) is 16.8. The highest BCUT2D eigenvalue weighted by Gasteiger charge is 1.96. The molecule has 1 N–H and O–H groups in total. The van der Waals surface area contributed by atoms with E-state index in [0.717, 1.165) is 12.8 Å². The smallest absolute Gasteiger partial charge is 0.327 e. The Labute approximate surface area is 303 Å². The first-order valence-electron chi connectivity index (χ1n) is 21.9. The van der Waals surface area contributed by atoms with Crippen molar-refractivity contribution in [2.45, 2.75) is 251 Å². The minimum Gasteiger partial charge on any atom is -0.478 e. The summed E-state index contributed by atoms with van der Waals surface area (Å²) in [5.41, 5.74) is 0. The van der Waals surface area contributed by atoms with Gasteiger partial charge in [0.2, 0.25) is 0 Å². The molecule has 0 aliphatic heterocycles. The van der Waals surface area contributed by atoms with Crippen molar-refractivity contribution < 1.29 is 9.90 Å². The lowest BCUT2D eigenvalue weighted by Crippen LogP contribution is -1.86. The number of allylic oxidation sites excluding steroid dienone is 4. The molecule has 0 radical (unpaired) electrons. The maximum Gasteiger partial charge on any atom is 0.327 e. The molecule has 0 fully saturated rings. The maximum absolute atomic E-state index is 10.3. The molecule has 0 amide bonds. The fraction of sp³-hybridized carbons (Fsp3) is 0.848. The van der Waals surface area contributed by atoms with Crippen molar-refractivity contribution in [3.05, 3.63) is 37.0 Å². The van der Waals surface area contributed by atoms with Crippen LogP contribution in [-0.4, -0.2) is 11.1 Å². The Morgan fingerprint density at radius 3 is 0.854 bits per heavy atom. The van der Waals surface area contributed by atoms with Crippen LogP contribution in [-0.2, 0) is 4.79 Å². The largest absolute Gasteiger partial charge is 0.478 e. The third-order valence-corrected chi connectivity index (χ3v) is 9.73. The number of unbranched alkanes of at least 4 members (excludes halogenated alkanes) is 35. The zero-order valence-corrected chi connectivity index (χ0v) is 33.1. The highest BCUT2D eigenvalue weighted by atomic mass is 16.4. The summed E-state index contributed by atoms with van der Waals surface area (Å²) in [4.78, 5) is 10.3. The Balaban J connectivity index is 0. The summed E-state index contributed by atoms with van der Waals surface area (Å²) in [5, 5.41) is 8.49. The van der Waals surface area contributed by atoms with Crippen LogP contribution >= 0.6 is 0 Å². The topological polar surface area (TPSA) is 37.3 Å². The summed E-state index contributed by atoms with van der Waals surface area (Å²) in [5.74, 6) is -0.831. The Kier molecular flexibility index (Phi) is 48.6. The lowest BCUT2D eigenvalue weighted by atomic mass is 10.0. The van der Waals surface area contributed by atoms with Gasteiger partial charge in [0.05, 0.1) is 0 Å². The SMILES string of the molecule is C=CC=CCCCCCCCCCCCCCCCCCC.CCCCCCCCCCCCCCCCCCCCCC=CC(=O)O. The van der Waals surface area contributed by atoms with Gasteiger partial charge in [-0.05, 0) is 25.7 Å². The van der Waals surface area contributed by atoms with E-state index >= 15 is 0 Å². The number of rotatable bonds is 39. The minimum absolute atomic E-state index is 0.831. The average molecular weight is 673 g/mol. The third-order valence-electron chi connectivity index (χ3n) is 9.73. The van der Waals surface area contributed by atoms with Gasteiger partial charge >= 0.3 is 5.97 Å². The standard InChI is InChI=1S/C24H46O2.C22H42/c1-2-3-4-5-6-7-8-9-10-11-12-13-14-15-16-17-18-19-20-21-22-23-24(25)26;1-3-5-7-9-11-13-15-17-19-21-22-20-18-16-14-12-10-8-6-4-2/h22-23H,2-21H2,1H3,(H,25,26);3,5,7H,1,4,6,8-22H2,2H3. The van der Waals surface area contributed by atoms with E-state index in [1.54, 1.807) is 6.08 Å². The van der Waals surface area contributed by atoms with Gasteiger partial charge in [-0.15, -0.1) is 0 Å². The molecule has 0 saturated carbocycles. The van der Waals surface area contributed by atoms with Gasteiger partial charge in [0.1, 0.15) is 0 Å². The molecular weight excluding hydrogens is 585 g/mol. The monoisotopic (exact) mass is 673 g/mol. The number of carboxylic acid groups (broad SMARTS) is 1. The number of hydrogen-bond donors (Lipinski definition) is 1. The minimum atomic E-state index is -0.831. The molecule has 48 heavy (non-hydrogen) atoms. The van der Waals surface area contributed by atoms with Gasteiger partial charge in [0.15, 0.2) is 0 Å². The zero-order chi connectivity index (χ0) is 35.3. The van der Waals surface area contributed by atoms with Gasteiger partial charge in [-0.2, -0.15) is 0 Å². The summed E-state index contributed by atoms with van der Waals surface area (Å²) in [6, 6.07) is 0. The highest BCUT2D eigenvalue weighted by Crippen LogP contribution is 2.16. The molecule has 0 rings (SSSR count). The Morgan fingerprint density at radius 2 is 0.625 bits per heavy atom. The summed E-state index contributed by atoms with van der Waals surface area (Å²) < 4.78 is 0. The Hall–Kier alpha value is -1.31. The summed E-state index contributed by atoms with van der Waals surface area (Å²) in [6.07, 6.45) is 60.9. The number of aliphatic carboxylic acids is 1. The number of hydrogen-bond acceptors (Lipinski definition) is 1. The highest BCUT2D eigenvalue weighted by molar-refractivity contribution is 5.79. The summed E-state index contributed by atoms with van der Waals surface area (Å²) in [6.45, 7) is 8.27. The van der Waals surface area contributed by atoms with Crippen LogP contribution in [0.25, 0.3) is 0 Å². The predicted molar refractivity (Wildman–Crippen MR) is 218 cm³/mol. The maximum atomic E-state index is 10.3. The van der Waals surface area contributed by atoms with Crippen LogP contribution in [0.5, 0.6) is 0 Å². The van der Waals surface area contributed by atoms with Crippen LogP contribution in [0.2, 0.25) is 0 Å². The second-order valence-electron chi connectivity index (χ2n) is 14.6. The van der Waals surface area contributed by atoms with Crippen molar-refractivity contribution in [2.75, 3.05) is 0 Å². The molecule has 0 heterocycles. The van der Waals surface area contributed by atoms with Crippen molar-refractivity contribution in [1.82, 2.24) is 0 Å². The Bertz CT molecular complexity index is 648. The third kappa shape index (κ3) is 51.5. The molecule has 2 nitrogen and oxygen atoms in total. The lowest BCUT2D eigenvalue weighted by Gasteiger charge is -2.03. The van der Waals surface area contributed by atoms with Crippen molar-refractivity contribution in [3.8, 4) is 0 Å². The molecule has 0 aromatic carbocycles. The van der Waals surface area contributed by atoms with Crippen molar-refractivity contribution >= 4 is 5.97 Å². The normalized spacial score (nSPS) is 11.4. The summed E-state index contributed by atoms with van der Waals surface area (Å²) in [7, 11) is 0. The van der Waals surface area contributed by atoms with E-state index in [-0.39, 0.29) is 0 Å². The van der Waals surface area contributed by atoms with Gasteiger partial charge in [0, 0.05) is 6.08 Å². The van der Waals surface area contributed by atoms with Crippen LogP contribution < -0.4 is 0 Å². The number of carboxylic acids is 1. The van der Waals surface area contributed by atoms with E-state index in [9.17, 15) is 4.79 Å². The van der Waals surface area contributed by atoms with Crippen LogP contribution in [0.3, 0.4) is 0 Å². The second kappa shape index (κ2) is 47.8. The average Bonchev–Trinajstić information content (AvgIpc) is 3.08. The molecule has 0 spiro atoms. The molecule has 0 aliphatic rings. The molecule has 0 saturated heterocycles. The van der Waals surface area contributed by atoms with E-state index in [4.69, 9.17) is 5.11 Å². The first-order valence-corrected chi connectivity index (χ1v) is 21.9. The van der Waals surface area contributed by atoms with E-state index in [0.29, 0.717) is 0 Å². The first kappa shape index (κ1) is 48.8. The fourth-order valence-electron chi connectivity index (χ4n) is 6.53. The van der Waals surface area contributed by atoms with Crippen LogP contribution in [0.4, 0.5) is 0 Å². The molecular formula is C46H88O2. The molecule has 0 unspecified atom stereocenters. The fourth-order valence-corrected chi connectivity index (χ4v) is 6.53. The van der Waals surface area contributed by atoms with Gasteiger partial charge < -0.3 is 5.11 Å². The Morgan fingerprint density at radius 1 is 0.396 bits per heavy atom. The molecule has 0 atom stereocenters. The van der Waals surface area contributed by atoms with Crippen molar-refractivity contribution in [2.24, 2.45) is 0 Å². The molecule has 0 aromatic rings. The van der Waals surface area contributed by atoms with E-state index < -0.39 is 5.97 Å². The number of carbonyl (C=O) groups is 1.